The summed E-state index contributed by atoms with van der Waals surface area (Å²) < 4.78 is 23.3. The monoisotopic (exact) mass is 372 g/mol. The third-order valence-electron chi connectivity index (χ3n) is 4.73. The number of sulfone groups is 1. The van der Waals surface area contributed by atoms with Crippen molar-refractivity contribution < 1.29 is 13.2 Å². The number of thiazole rings is 1. The van der Waals surface area contributed by atoms with Gasteiger partial charge in [0.1, 0.15) is 0 Å². The highest BCUT2D eigenvalue weighted by Gasteiger charge is 2.34. The van der Waals surface area contributed by atoms with E-state index in [9.17, 15) is 13.2 Å². The van der Waals surface area contributed by atoms with E-state index >= 15 is 0 Å². The number of carbonyl (C=O) groups excluding carboxylic acids is 1. The van der Waals surface area contributed by atoms with E-state index < -0.39 is 9.84 Å². The average molecular weight is 373 g/mol. The Morgan fingerprint density at radius 3 is 2.67 bits per heavy atom. The standard InChI is InChI=1S/C15H24N4O3S2/c1-2-19(13-3-10-24(21,22)12-13)14(20)11-17-5-7-18(8-6-17)15-16-4-9-23-15/h4,9,13H,2-3,5-8,10-12H2,1H3. The van der Waals surface area contributed by atoms with E-state index in [-0.39, 0.29) is 23.5 Å². The van der Waals surface area contributed by atoms with Gasteiger partial charge in [-0.25, -0.2) is 13.4 Å². The summed E-state index contributed by atoms with van der Waals surface area (Å²) in [7, 11) is -2.97. The largest absolute Gasteiger partial charge is 0.346 e. The first kappa shape index (κ1) is 17.6. The van der Waals surface area contributed by atoms with Gasteiger partial charge in [0, 0.05) is 50.3 Å². The molecule has 2 aliphatic heterocycles. The van der Waals surface area contributed by atoms with Crippen molar-refractivity contribution in [1.29, 1.82) is 0 Å². The molecule has 0 spiro atoms. The van der Waals surface area contributed by atoms with Gasteiger partial charge in [0.2, 0.25) is 5.91 Å². The van der Waals surface area contributed by atoms with Gasteiger partial charge in [0.25, 0.3) is 0 Å². The van der Waals surface area contributed by atoms with Crippen LogP contribution in [0.5, 0.6) is 0 Å². The summed E-state index contributed by atoms with van der Waals surface area (Å²) in [6, 6.07) is -0.149. The molecule has 2 saturated heterocycles. The van der Waals surface area contributed by atoms with Crippen LogP contribution in [0.15, 0.2) is 11.6 Å². The van der Waals surface area contributed by atoms with Crippen molar-refractivity contribution in [3.05, 3.63) is 11.6 Å². The molecule has 0 N–H and O–H groups in total. The molecule has 24 heavy (non-hydrogen) atoms. The number of likely N-dealkylation sites (N-methyl/N-ethyl adjacent to an activating group) is 1. The fourth-order valence-electron chi connectivity index (χ4n) is 3.41. The van der Waals surface area contributed by atoms with Crippen LogP contribution in [0.1, 0.15) is 13.3 Å². The van der Waals surface area contributed by atoms with Gasteiger partial charge in [-0.1, -0.05) is 0 Å². The van der Waals surface area contributed by atoms with Crippen LogP contribution in [0.2, 0.25) is 0 Å². The zero-order chi connectivity index (χ0) is 17.2. The molecule has 2 aliphatic rings. The molecular weight excluding hydrogens is 348 g/mol. The Labute approximate surface area is 147 Å². The Hall–Kier alpha value is -1.19. The summed E-state index contributed by atoms with van der Waals surface area (Å²) in [5.74, 6) is 0.362. The fourth-order valence-corrected chi connectivity index (χ4v) is 5.84. The van der Waals surface area contributed by atoms with Crippen LogP contribution in [0, 0.1) is 0 Å². The van der Waals surface area contributed by atoms with Gasteiger partial charge in [-0.05, 0) is 13.3 Å². The second kappa shape index (κ2) is 7.37. The van der Waals surface area contributed by atoms with Gasteiger partial charge in [-0.3, -0.25) is 9.69 Å². The summed E-state index contributed by atoms with van der Waals surface area (Å²) in [6.07, 6.45) is 2.38. The molecule has 3 rings (SSSR count). The van der Waals surface area contributed by atoms with Gasteiger partial charge in [-0.2, -0.15) is 0 Å². The molecular formula is C15H24N4O3S2. The highest BCUT2D eigenvalue weighted by atomic mass is 32.2. The minimum atomic E-state index is -2.97. The van der Waals surface area contributed by atoms with Crippen LogP contribution in [0.25, 0.3) is 0 Å². The highest BCUT2D eigenvalue weighted by molar-refractivity contribution is 7.91. The maximum atomic E-state index is 12.6. The fraction of sp³-hybridized carbons (Fsp3) is 0.733. The number of hydrogen-bond donors (Lipinski definition) is 0. The Morgan fingerprint density at radius 1 is 1.38 bits per heavy atom. The lowest BCUT2D eigenvalue weighted by Gasteiger charge is -2.36. The molecule has 0 bridgehead atoms. The van der Waals surface area contributed by atoms with E-state index in [0.717, 1.165) is 31.3 Å². The minimum absolute atomic E-state index is 0.0438. The average Bonchev–Trinajstić information content (AvgIpc) is 3.19. The molecule has 0 radical (unpaired) electrons. The van der Waals surface area contributed by atoms with Crippen LogP contribution in [0.4, 0.5) is 5.13 Å². The quantitative estimate of drug-likeness (QED) is 0.740. The van der Waals surface area contributed by atoms with Crippen molar-refractivity contribution in [2.75, 3.05) is 55.7 Å². The Bertz CT molecular complexity index is 654. The molecule has 2 fully saturated rings. The van der Waals surface area contributed by atoms with Gasteiger partial charge in [0.15, 0.2) is 15.0 Å². The van der Waals surface area contributed by atoms with Crippen LogP contribution < -0.4 is 4.90 Å². The second-order valence-corrected chi connectivity index (χ2v) is 9.42. The van der Waals surface area contributed by atoms with E-state index in [1.165, 1.54) is 0 Å². The van der Waals surface area contributed by atoms with E-state index in [4.69, 9.17) is 0 Å². The molecule has 0 aromatic carbocycles. The van der Waals surface area contributed by atoms with Gasteiger partial charge in [0.05, 0.1) is 18.1 Å². The van der Waals surface area contributed by atoms with E-state index in [0.29, 0.717) is 19.5 Å². The SMILES string of the molecule is CCN(C(=O)CN1CCN(c2nccs2)CC1)C1CCS(=O)(=O)C1. The summed E-state index contributed by atoms with van der Waals surface area (Å²) in [4.78, 5) is 23.1. The number of nitrogens with zero attached hydrogens (tertiary/aromatic N) is 4. The van der Waals surface area contributed by atoms with E-state index in [2.05, 4.69) is 14.8 Å². The normalized spacial score (nSPS) is 24.2. The smallest absolute Gasteiger partial charge is 0.237 e. The predicted octanol–water partition coefficient (Wildman–Crippen LogP) is 0.301. The third-order valence-corrected chi connectivity index (χ3v) is 7.31. The Kier molecular flexibility index (Phi) is 5.41. The molecule has 9 heteroatoms. The van der Waals surface area contributed by atoms with Crippen molar-refractivity contribution in [1.82, 2.24) is 14.8 Å². The molecule has 7 nitrogen and oxygen atoms in total. The predicted molar refractivity (Wildman–Crippen MR) is 95.2 cm³/mol. The molecule has 1 atom stereocenters. The number of anilines is 1. The van der Waals surface area contributed by atoms with Crippen molar-refractivity contribution in [3.8, 4) is 0 Å². The zero-order valence-corrected chi connectivity index (χ0v) is 15.6. The summed E-state index contributed by atoms with van der Waals surface area (Å²) >= 11 is 1.63. The molecule has 0 aliphatic carbocycles. The van der Waals surface area contributed by atoms with Crippen molar-refractivity contribution in [3.63, 3.8) is 0 Å². The van der Waals surface area contributed by atoms with Gasteiger partial charge >= 0.3 is 0 Å². The number of carbonyl (C=O) groups is 1. The molecule has 1 aromatic rings. The number of hydrogen-bond acceptors (Lipinski definition) is 7. The Morgan fingerprint density at radius 2 is 2.12 bits per heavy atom. The summed E-state index contributed by atoms with van der Waals surface area (Å²) in [5, 5.41) is 3.01. The highest BCUT2D eigenvalue weighted by Crippen LogP contribution is 2.20. The Balaban J connectivity index is 1.51. The lowest BCUT2D eigenvalue weighted by molar-refractivity contribution is -0.134. The van der Waals surface area contributed by atoms with Crippen LogP contribution in [-0.4, -0.2) is 85.9 Å². The van der Waals surface area contributed by atoms with Gasteiger partial charge < -0.3 is 9.80 Å². The molecule has 1 unspecified atom stereocenters. The molecule has 0 saturated carbocycles. The van der Waals surface area contributed by atoms with E-state index in [1.54, 1.807) is 16.2 Å². The lowest BCUT2D eigenvalue weighted by Crippen LogP contribution is -2.51. The van der Waals surface area contributed by atoms with Gasteiger partial charge in [-0.15, -0.1) is 11.3 Å². The first-order valence-electron chi connectivity index (χ1n) is 8.35. The topological polar surface area (TPSA) is 73.8 Å². The molecule has 1 aromatic heterocycles. The zero-order valence-electron chi connectivity index (χ0n) is 13.9. The minimum Gasteiger partial charge on any atom is -0.346 e. The van der Waals surface area contributed by atoms with E-state index in [1.807, 2.05) is 18.5 Å². The number of piperazine rings is 1. The van der Waals surface area contributed by atoms with Crippen molar-refractivity contribution >= 4 is 32.2 Å². The number of amides is 1. The summed E-state index contributed by atoms with van der Waals surface area (Å²) in [5.41, 5.74) is 0. The van der Waals surface area contributed by atoms with Crippen LogP contribution in [-0.2, 0) is 14.6 Å². The van der Waals surface area contributed by atoms with Crippen molar-refractivity contribution in [2.24, 2.45) is 0 Å². The lowest BCUT2D eigenvalue weighted by atomic mass is 10.2. The first-order chi connectivity index (χ1) is 11.5. The van der Waals surface area contributed by atoms with Crippen LogP contribution in [0.3, 0.4) is 0 Å². The second-order valence-electron chi connectivity index (χ2n) is 6.31. The molecule has 3 heterocycles. The maximum absolute atomic E-state index is 12.6. The number of rotatable bonds is 5. The molecule has 1 amide bonds. The van der Waals surface area contributed by atoms with Crippen LogP contribution >= 0.6 is 11.3 Å². The van der Waals surface area contributed by atoms with Crippen molar-refractivity contribution in [2.45, 2.75) is 19.4 Å². The maximum Gasteiger partial charge on any atom is 0.237 e. The first-order valence-corrected chi connectivity index (χ1v) is 11.1. The summed E-state index contributed by atoms with van der Waals surface area (Å²) in [6.45, 7) is 6.24. The third kappa shape index (κ3) is 4.07. The molecule has 134 valence electrons. The number of aromatic nitrogens is 1.